The highest BCUT2D eigenvalue weighted by Crippen LogP contribution is 2.40. The molecule has 0 radical (unpaired) electrons. The Balaban J connectivity index is 1.52. The lowest BCUT2D eigenvalue weighted by molar-refractivity contribution is -0.141. The van der Waals surface area contributed by atoms with E-state index in [9.17, 15) is 9.59 Å². The van der Waals surface area contributed by atoms with Crippen LogP contribution in [0.4, 0.5) is 0 Å². The Hall–Kier alpha value is -2.06. The Morgan fingerprint density at radius 3 is 2.88 bits per heavy atom. The summed E-state index contributed by atoms with van der Waals surface area (Å²) < 4.78 is 11.5. The number of likely N-dealkylation sites (N-methyl/N-ethyl adjacent to an activating group) is 1. The molecule has 8 nitrogen and oxygen atoms in total. The van der Waals surface area contributed by atoms with Gasteiger partial charge < -0.3 is 19.3 Å². The summed E-state index contributed by atoms with van der Waals surface area (Å²) in [4.78, 5) is 35.1. The summed E-state index contributed by atoms with van der Waals surface area (Å²) in [6, 6.07) is 0. The minimum Gasteiger partial charge on any atom is -0.371 e. The molecule has 2 fully saturated rings. The van der Waals surface area contributed by atoms with Gasteiger partial charge in [0, 0.05) is 39.0 Å². The van der Waals surface area contributed by atoms with E-state index < -0.39 is 0 Å². The largest absolute Gasteiger partial charge is 0.371 e. The van der Waals surface area contributed by atoms with Crippen molar-refractivity contribution in [2.75, 3.05) is 47.0 Å². The van der Waals surface area contributed by atoms with Crippen LogP contribution < -0.4 is 0 Å². The lowest BCUT2D eigenvalue weighted by Crippen LogP contribution is -2.66. The fourth-order valence-corrected chi connectivity index (χ4v) is 3.10. The van der Waals surface area contributed by atoms with E-state index in [4.69, 9.17) is 9.47 Å². The van der Waals surface area contributed by atoms with Gasteiger partial charge in [0.15, 0.2) is 0 Å². The normalized spacial score (nSPS) is 21.6. The van der Waals surface area contributed by atoms with Crippen molar-refractivity contribution in [1.82, 2.24) is 19.8 Å². The average Bonchev–Trinajstić information content (AvgIpc) is 2.97. The summed E-state index contributed by atoms with van der Waals surface area (Å²) in [5.41, 5.74) is -0.00584. The number of rotatable bonds is 5. The first-order chi connectivity index (χ1) is 11.5. The Morgan fingerprint density at radius 1 is 1.42 bits per heavy atom. The molecule has 2 aliphatic rings. The van der Waals surface area contributed by atoms with Crippen molar-refractivity contribution >= 4 is 11.8 Å². The molecule has 8 heteroatoms. The number of ether oxygens (including phenoxy) is 2. The minimum atomic E-state index is -0.348. The number of hydrogen-bond donors (Lipinski definition) is 0. The molecule has 2 amide bonds. The molecule has 0 saturated carbocycles. The molecule has 3 heterocycles. The quantitative estimate of drug-likeness (QED) is 0.742. The molecule has 2 saturated heterocycles. The van der Waals surface area contributed by atoms with E-state index in [1.54, 1.807) is 19.0 Å². The van der Waals surface area contributed by atoms with E-state index in [0.29, 0.717) is 32.0 Å². The van der Waals surface area contributed by atoms with Crippen LogP contribution in [0.15, 0.2) is 18.6 Å². The molecule has 1 aromatic rings. The average molecular weight is 334 g/mol. The van der Waals surface area contributed by atoms with Crippen molar-refractivity contribution in [1.29, 1.82) is 0 Å². The smallest absolute Gasteiger partial charge is 0.274 e. The first kappa shape index (κ1) is 16.8. The molecule has 0 N–H and O–H groups in total. The summed E-state index contributed by atoms with van der Waals surface area (Å²) in [6.07, 6.45) is 5.39. The van der Waals surface area contributed by atoms with Crippen LogP contribution in [0, 0.1) is 5.92 Å². The van der Waals surface area contributed by atoms with Gasteiger partial charge in [-0.25, -0.2) is 4.98 Å². The van der Waals surface area contributed by atoms with Gasteiger partial charge in [0.2, 0.25) is 5.91 Å². The summed E-state index contributed by atoms with van der Waals surface area (Å²) in [5, 5.41) is 0. The number of nitrogens with zero attached hydrogens (tertiary/aromatic N) is 4. The zero-order valence-corrected chi connectivity index (χ0v) is 14.0. The summed E-state index contributed by atoms with van der Waals surface area (Å²) >= 11 is 0. The highest BCUT2D eigenvalue weighted by atomic mass is 16.5. The number of carbonyl (C=O) groups is 2. The second kappa shape index (κ2) is 6.82. The van der Waals surface area contributed by atoms with Crippen LogP contribution in [0.2, 0.25) is 0 Å². The number of aromatic nitrogens is 2. The Labute approximate surface area is 140 Å². The molecule has 1 spiro atoms. The van der Waals surface area contributed by atoms with Gasteiger partial charge in [0.1, 0.15) is 17.9 Å². The molecule has 1 atom stereocenters. The van der Waals surface area contributed by atoms with Gasteiger partial charge in [-0.2, -0.15) is 0 Å². The zero-order valence-electron chi connectivity index (χ0n) is 14.0. The number of amides is 2. The molecule has 0 aliphatic carbocycles. The number of likely N-dealkylation sites (tertiary alicyclic amines) is 1. The van der Waals surface area contributed by atoms with Gasteiger partial charge in [-0.1, -0.05) is 0 Å². The van der Waals surface area contributed by atoms with Gasteiger partial charge in [0.25, 0.3) is 5.91 Å². The first-order valence-corrected chi connectivity index (χ1v) is 7.99. The lowest BCUT2D eigenvalue weighted by Gasteiger charge is -2.49. The van der Waals surface area contributed by atoms with Crippen LogP contribution >= 0.6 is 0 Å². The van der Waals surface area contributed by atoms with Crippen molar-refractivity contribution in [2.24, 2.45) is 5.92 Å². The van der Waals surface area contributed by atoms with E-state index in [-0.39, 0.29) is 29.9 Å². The third-order valence-electron chi connectivity index (χ3n) is 4.63. The second-order valence-corrected chi connectivity index (χ2v) is 6.45. The molecular weight excluding hydrogens is 312 g/mol. The van der Waals surface area contributed by atoms with E-state index in [2.05, 4.69) is 9.97 Å². The fraction of sp³-hybridized carbons (Fsp3) is 0.625. The second-order valence-electron chi connectivity index (χ2n) is 6.45. The van der Waals surface area contributed by atoms with Crippen molar-refractivity contribution in [3.63, 3.8) is 0 Å². The minimum absolute atomic E-state index is 0.0592. The van der Waals surface area contributed by atoms with E-state index >= 15 is 0 Å². The van der Waals surface area contributed by atoms with Crippen LogP contribution in [-0.2, 0) is 14.3 Å². The van der Waals surface area contributed by atoms with Crippen LogP contribution in [0.5, 0.6) is 0 Å². The number of hydrogen-bond acceptors (Lipinski definition) is 6. The summed E-state index contributed by atoms with van der Waals surface area (Å²) in [6.45, 7) is 2.24. The van der Waals surface area contributed by atoms with Crippen LogP contribution in [0.25, 0.3) is 0 Å². The van der Waals surface area contributed by atoms with Gasteiger partial charge in [-0.3, -0.25) is 14.6 Å². The number of carbonyl (C=O) groups excluding carboxylic acids is 2. The molecule has 0 unspecified atom stereocenters. The van der Waals surface area contributed by atoms with E-state index in [0.717, 1.165) is 6.42 Å². The Kier molecular flexibility index (Phi) is 4.77. The highest BCUT2D eigenvalue weighted by Gasteiger charge is 2.54. The molecule has 1 aromatic heterocycles. The third kappa shape index (κ3) is 3.25. The Morgan fingerprint density at radius 2 is 2.21 bits per heavy atom. The maximum absolute atomic E-state index is 12.3. The van der Waals surface area contributed by atoms with Gasteiger partial charge in [-0.15, -0.1) is 0 Å². The molecule has 2 aliphatic heterocycles. The summed E-state index contributed by atoms with van der Waals surface area (Å²) in [5.74, 6) is 0.001000. The van der Waals surface area contributed by atoms with Crippen molar-refractivity contribution in [2.45, 2.75) is 12.0 Å². The van der Waals surface area contributed by atoms with Crippen molar-refractivity contribution in [3.8, 4) is 0 Å². The predicted octanol–water partition coefficient (Wildman–Crippen LogP) is -0.187. The van der Waals surface area contributed by atoms with Gasteiger partial charge >= 0.3 is 0 Å². The molecule has 0 aromatic carbocycles. The van der Waals surface area contributed by atoms with Crippen molar-refractivity contribution in [3.05, 3.63) is 24.3 Å². The third-order valence-corrected chi connectivity index (χ3v) is 4.63. The van der Waals surface area contributed by atoms with E-state index in [1.165, 1.54) is 23.5 Å². The summed E-state index contributed by atoms with van der Waals surface area (Å²) in [7, 11) is 3.40. The van der Waals surface area contributed by atoms with Gasteiger partial charge in [-0.05, 0) is 6.42 Å². The van der Waals surface area contributed by atoms with Crippen LogP contribution in [0.3, 0.4) is 0 Å². The first-order valence-electron chi connectivity index (χ1n) is 7.99. The molecule has 130 valence electrons. The maximum atomic E-state index is 12.3. The van der Waals surface area contributed by atoms with E-state index in [1.807, 2.05) is 0 Å². The zero-order chi connectivity index (χ0) is 17.2. The van der Waals surface area contributed by atoms with Gasteiger partial charge in [0.05, 0.1) is 25.9 Å². The monoisotopic (exact) mass is 334 g/mol. The highest BCUT2D eigenvalue weighted by molar-refractivity contribution is 5.92. The maximum Gasteiger partial charge on any atom is 0.274 e. The molecule has 3 rings (SSSR count). The van der Waals surface area contributed by atoms with Crippen molar-refractivity contribution < 1.29 is 19.1 Å². The molecular formula is C16H22N4O4. The fourth-order valence-electron chi connectivity index (χ4n) is 3.10. The Bertz CT molecular complexity index is 601. The standard InChI is InChI=1S/C16H22N4O4/c1-19(2)14(21)9-23-8-12-3-6-24-16(12)10-20(11-16)15(22)13-7-17-4-5-18-13/h4-5,7,12H,3,6,8-11H2,1-2H3/t12-/m0/s1. The lowest BCUT2D eigenvalue weighted by atomic mass is 9.81. The van der Waals surface area contributed by atoms with Crippen LogP contribution in [-0.4, -0.2) is 84.2 Å². The predicted molar refractivity (Wildman–Crippen MR) is 84.2 cm³/mol. The van der Waals surface area contributed by atoms with Crippen LogP contribution in [0.1, 0.15) is 16.9 Å². The SMILES string of the molecule is CN(C)C(=O)COC[C@@H]1CCOC12CN(C(=O)c1cnccn1)C2. The molecule has 0 bridgehead atoms. The molecule has 24 heavy (non-hydrogen) atoms. The topological polar surface area (TPSA) is 84.9 Å².